The Kier molecular flexibility index (Phi) is 5.68. The molecule has 0 aliphatic rings. The number of thiophene rings is 1. The number of nitrogens with one attached hydrogen (secondary N) is 1. The minimum absolute atomic E-state index is 0.139. The van der Waals surface area contributed by atoms with Crippen molar-refractivity contribution in [3.8, 4) is 5.75 Å². The van der Waals surface area contributed by atoms with Gasteiger partial charge >= 0.3 is 0 Å². The van der Waals surface area contributed by atoms with E-state index in [9.17, 15) is 9.18 Å². The topological polar surface area (TPSA) is 38.3 Å². The second-order valence-corrected chi connectivity index (χ2v) is 7.20. The first kappa shape index (κ1) is 18.1. The Balaban J connectivity index is 1.58. The van der Waals surface area contributed by atoms with Crippen LogP contribution in [-0.2, 0) is 6.61 Å². The number of halogens is 1. The summed E-state index contributed by atoms with van der Waals surface area (Å²) in [6, 6.07) is 15.6. The summed E-state index contributed by atoms with van der Waals surface area (Å²) in [6.07, 6.45) is 0. The molecule has 0 fully saturated rings. The van der Waals surface area contributed by atoms with Crippen LogP contribution in [0.5, 0.6) is 5.75 Å². The normalized spacial score (nSPS) is 10.8. The van der Waals surface area contributed by atoms with Gasteiger partial charge in [-0.25, -0.2) is 4.39 Å². The number of amides is 1. The maximum absolute atomic E-state index is 12.9. The van der Waals surface area contributed by atoms with Gasteiger partial charge in [-0.3, -0.25) is 4.79 Å². The van der Waals surface area contributed by atoms with Gasteiger partial charge in [0.1, 0.15) is 18.2 Å². The van der Waals surface area contributed by atoms with Gasteiger partial charge in [0.15, 0.2) is 0 Å². The van der Waals surface area contributed by atoms with E-state index in [1.165, 1.54) is 29.0 Å². The van der Waals surface area contributed by atoms with Crippen LogP contribution in [-0.4, -0.2) is 5.91 Å². The van der Waals surface area contributed by atoms with E-state index in [0.29, 0.717) is 23.2 Å². The molecule has 2 aromatic carbocycles. The molecule has 0 unspecified atom stereocenters. The van der Waals surface area contributed by atoms with Crippen molar-refractivity contribution >= 4 is 22.9 Å². The lowest BCUT2D eigenvalue weighted by molar-refractivity contribution is 0.103. The van der Waals surface area contributed by atoms with Crippen LogP contribution < -0.4 is 10.1 Å². The summed E-state index contributed by atoms with van der Waals surface area (Å²) >= 11 is 1.37. The molecule has 0 bridgehead atoms. The highest BCUT2D eigenvalue weighted by Crippen LogP contribution is 2.21. The van der Waals surface area contributed by atoms with E-state index >= 15 is 0 Å². The average molecular weight is 369 g/mol. The molecule has 0 atom stereocenters. The summed E-state index contributed by atoms with van der Waals surface area (Å²) in [5, 5.41) is 4.80. The molecule has 26 heavy (non-hydrogen) atoms. The lowest BCUT2D eigenvalue weighted by atomic mass is 10.0. The Labute approximate surface area is 156 Å². The number of anilines is 1. The van der Waals surface area contributed by atoms with Crippen LogP contribution >= 0.6 is 11.3 Å². The number of carbonyl (C=O) groups is 1. The highest BCUT2D eigenvalue weighted by Gasteiger charge is 2.10. The van der Waals surface area contributed by atoms with Gasteiger partial charge in [0.25, 0.3) is 5.91 Å². The van der Waals surface area contributed by atoms with Crippen molar-refractivity contribution in [2.24, 2.45) is 0 Å². The Hall–Kier alpha value is -2.66. The van der Waals surface area contributed by atoms with Gasteiger partial charge in [0.2, 0.25) is 0 Å². The van der Waals surface area contributed by atoms with Gasteiger partial charge in [-0.05, 0) is 59.3 Å². The number of ether oxygens (including phenoxy) is 1. The molecule has 0 aliphatic carbocycles. The van der Waals surface area contributed by atoms with Crippen molar-refractivity contribution in [1.82, 2.24) is 0 Å². The van der Waals surface area contributed by atoms with Gasteiger partial charge in [-0.1, -0.05) is 26.0 Å². The van der Waals surface area contributed by atoms with Gasteiger partial charge in [0.05, 0.1) is 4.88 Å². The molecule has 3 rings (SSSR count). The van der Waals surface area contributed by atoms with E-state index in [4.69, 9.17) is 4.74 Å². The van der Waals surface area contributed by atoms with E-state index in [1.807, 2.05) is 35.7 Å². The minimum atomic E-state index is -0.298. The Bertz CT molecular complexity index is 870. The Morgan fingerprint density at radius 3 is 2.46 bits per heavy atom. The number of rotatable bonds is 6. The van der Waals surface area contributed by atoms with Crippen LogP contribution in [0.2, 0.25) is 0 Å². The van der Waals surface area contributed by atoms with E-state index in [2.05, 4.69) is 19.2 Å². The molecule has 134 valence electrons. The molecule has 0 spiro atoms. The zero-order valence-electron chi connectivity index (χ0n) is 14.7. The third-order valence-corrected chi connectivity index (χ3v) is 4.91. The van der Waals surface area contributed by atoms with E-state index in [1.54, 1.807) is 12.1 Å². The average Bonchev–Trinajstić information content (AvgIpc) is 3.11. The van der Waals surface area contributed by atoms with Crippen molar-refractivity contribution < 1.29 is 13.9 Å². The van der Waals surface area contributed by atoms with E-state index < -0.39 is 0 Å². The lowest BCUT2D eigenvalue weighted by Crippen LogP contribution is -2.10. The van der Waals surface area contributed by atoms with Crippen LogP contribution in [0.4, 0.5) is 10.1 Å². The molecular formula is C21H20FNO2S. The van der Waals surface area contributed by atoms with Gasteiger partial charge in [0, 0.05) is 11.3 Å². The molecule has 1 aromatic heterocycles. The van der Waals surface area contributed by atoms with Crippen LogP contribution in [0.3, 0.4) is 0 Å². The minimum Gasteiger partial charge on any atom is -0.489 e. The number of benzene rings is 2. The number of carbonyl (C=O) groups excluding carboxylic acids is 1. The van der Waals surface area contributed by atoms with Gasteiger partial charge < -0.3 is 10.1 Å². The van der Waals surface area contributed by atoms with Gasteiger partial charge in [-0.15, -0.1) is 11.3 Å². The summed E-state index contributed by atoms with van der Waals surface area (Å²) < 4.78 is 18.5. The van der Waals surface area contributed by atoms with Crippen molar-refractivity contribution in [3.63, 3.8) is 0 Å². The maximum atomic E-state index is 12.9. The maximum Gasteiger partial charge on any atom is 0.265 e. The molecule has 1 N–H and O–H groups in total. The predicted octanol–water partition coefficient (Wildman–Crippen LogP) is 5.84. The van der Waals surface area contributed by atoms with E-state index in [0.717, 1.165) is 11.3 Å². The SMILES string of the molecule is CC(C)c1ccc(NC(=O)c2cc(COc3ccc(F)cc3)cs2)cc1. The first-order valence-corrected chi connectivity index (χ1v) is 9.26. The third kappa shape index (κ3) is 4.70. The molecule has 0 saturated heterocycles. The first-order chi connectivity index (χ1) is 12.5. The molecule has 5 heteroatoms. The van der Waals surface area contributed by atoms with Crippen LogP contribution in [0, 0.1) is 5.82 Å². The van der Waals surface area contributed by atoms with Crippen LogP contribution in [0.1, 0.15) is 40.6 Å². The largest absolute Gasteiger partial charge is 0.489 e. The molecule has 3 nitrogen and oxygen atoms in total. The second kappa shape index (κ2) is 8.15. The van der Waals surface area contributed by atoms with Crippen LogP contribution in [0.15, 0.2) is 60.0 Å². The fourth-order valence-corrected chi connectivity index (χ4v) is 3.20. The van der Waals surface area contributed by atoms with Crippen molar-refractivity contribution in [2.45, 2.75) is 26.4 Å². The Morgan fingerprint density at radius 2 is 1.81 bits per heavy atom. The zero-order chi connectivity index (χ0) is 18.5. The van der Waals surface area contributed by atoms with Crippen molar-refractivity contribution in [3.05, 3.63) is 81.8 Å². The zero-order valence-corrected chi connectivity index (χ0v) is 15.5. The highest BCUT2D eigenvalue weighted by atomic mass is 32.1. The lowest BCUT2D eigenvalue weighted by Gasteiger charge is -2.07. The second-order valence-electron chi connectivity index (χ2n) is 6.29. The third-order valence-electron chi connectivity index (χ3n) is 3.93. The summed E-state index contributed by atoms with van der Waals surface area (Å²) in [6.45, 7) is 4.60. The molecule has 0 radical (unpaired) electrons. The molecule has 0 saturated carbocycles. The number of hydrogen-bond acceptors (Lipinski definition) is 3. The first-order valence-electron chi connectivity index (χ1n) is 8.38. The van der Waals surface area contributed by atoms with Crippen molar-refractivity contribution in [1.29, 1.82) is 0 Å². The smallest absolute Gasteiger partial charge is 0.265 e. The summed E-state index contributed by atoms with van der Waals surface area (Å²) in [5.41, 5.74) is 2.91. The van der Waals surface area contributed by atoms with Crippen molar-refractivity contribution in [2.75, 3.05) is 5.32 Å². The molecule has 0 aliphatic heterocycles. The number of hydrogen-bond donors (Lipinski definition) is 1. The molecular weight excluding hydrogens is 349 g/mol. The summed E-state index contributed by atoms with van der Waals surface area (Å²) in [5.74, 6) is 0.614. The van der Waals surface area contributed by atoms with Gasteiger partial charge in [-0.2, -0.15) is 0 Å². The fraction of sp³-hybridized carbons (Fsp3) is 0.190. The fourth-order valence-electron chi connectivity index (χ4n) is 2.41. The van der Waals surface area contributed by atoms with Crippen LogP contribution in [0.25, 0.3) is 0 Å². The molecule has 1 heterocycles. The molecule has 3 aromatic rings. The standard InChI is InChI=1S/C21H20FNO2S/c1-14(2)16-3-7-18(8-4-16)23-21(24)20-11-15(13-26-20)12-25-19-9-5-17(22)6-10-19/h3-11,13-14H,12H2,1-2H3,(H,23,24). The predicted molar refractivity (Wildman–Crippen MR) is 104 cm³/mol. The summed E-state index contributed by atoms with van der Waals surface area (Å²) in [7, 11) is 0. The Morgan fingerprint density at radius 1 is 1.12 bits per heavy atom. The summed E-state index contributed by atoms with van der Waals surface area (Å²) in [4.78, 5) is 13.0. The monoisotopic (exact) mass is 369 g/mol. The molecule has 1 amide bonds. The quantitative estimate of drug-likeness (QED) is 0.592. The van der Waals surface area contributed by atoms with E-state index in [-0.39, 0.29) is 11.7 Å². The highest BCUT2D eigenvalue weighted by molar-refractivity contribution is 7.12.